The fourth-order valence-electron chi connectivity index (χ4n) is 1.90. The van der Waals surface area contributed by atoms with Gasteiger partial charge in [0.1, 0.15) is 12.4 Å². The van der Waals surface area contributed by atoms with Gasteiger partial charge in [-0.1, -0.05) is 13.5 Å². The standard InChI is InChI=1S/C17H25NO3/c1-5-15(10-19)18-13(4)17(20)14-6-8-16(9-7-14)21-11-12(2)3/h6-9,13,15,18-19H,2,5,10-11H2,1,3-4H3. The first-order chi connectivity index (χ1) is 9.97. The number of rotatable bonds is 9. The van der Waals surface area contributed by atoms with Gasteiger partial charge in [-0.3, -0.25) is 4.79 Å². The first-order valence-electron chi connectivity index (χ1n) is 7.26. The Balaban J connectivity index is 2.63. The van der Waals surface area contributed by atoms with Crippen molar-refractivity contribution in [3.8, 4) is 5.75 Å². The van der Waals surface area contributed by atoms with Crippen LogP contribution in [0.4, 0.5) is 0 Å². The van der Waals surface area contributed by atoms with Crippen LogP contribution in [0.3, 0.4) is 0 Å². The number of ether oxygens (including phenoxy) is 1. The van der Waals surface area contributed by atoms with Crippen molar-refractivity contribution in [1.82, 2.24) is 5.32 Å². The second-order valence-electron chi connectivity index (χ2n) is 5.31. The van der Waals surface area contributed by atoms with Crippen LogP contribution in [0.1, 0.15) is 37.6 Å². The Morgan fingerprint density at radius 2 is 2.00 bits per heavy atom. The van der Waals surface area contributed by atoms with E-state index in [0.717, 1.165) is 17.7 Å². The molecule has 4 heteroatoms. The SMILES string of the molecule is C=C(C)COc1ccc(C(=O)C(C)NC(CC)CO)cc1. The number of ketones is 1. The van der Waals surface area contributed by atoms with Gasteiger partial charge in [0, 0.05) is 11.6 Å². The quantitative estimate of drug-likeness (QED) is 0.542. The van der Waals surface area contributed by atoms with Crippen LogP contribution in [0.5, 0.6) is 5.75 Å². The predicted molar refractivity (Wildman–Crippen MR) is 84.8 cm³/mol. The first-order valence-corrected chi connectivity index (χ1v) is 7.26. The van der Waals surface area contributed by atoms with E-state index in [4.69, 9.17) is 4.74 Å². The van der Waals surface area contributed by atoms with Crippen LogP contribution >= 0.6 is 0 Å². The topological polar surface area (TPSA) is 58.6 Å². The largest absolute Gasteiger partial charge is 0.489 e. The van der Waals surface area contributed by atoms with Crippen LogP contribution in [-0.2, 0) is 0 Å². The highest BCUT2D eigenvalue weighted by Gasteiger charge is 2.17. The minimum absolute atomic E-state index is 0.00773. The summed E-state index contributed by atoms with van der Waals surface area (Å²) in [6.45, 7) is 9.96. The third-order valence-electron chi connectivity index (χ3n) is 3.22. The zero-order valence-corrected chi connectivity index (χ0v) is 13.1. The molecule has 2 N–H and O–H groups in total. The van der Waals surface area contributed by atoms with Crippen molar-refractivity contribution in [2.45, 2.75) is 39.3 Å². The summed E-state index contributed by atoms with van der Waals surface area (Å²) in [5.41, 5.74) is 1.58. The maximum Gasteiger partial charge on any atom is 0.179 e. The highest BCUT2D eigenvalue weighted by Crippen LogP contribution is 2.14. The molecule has 116 valence electrons. The molecule has 0 aliphatic carbocycles. The molecule has 2 unspecified atom stereocenters. The average molecular weight is 291 g/mol. The Hall–Kier alpha value is -1.65. The summed E-state index contributed by atoms with van der Waals surface area (Å²) >= 11 is 0. The Bertz CT molecular complexity index is 463. The molecule has 0 bridgehead atoms. The van der Waals surface area contributed by atoms with Crippen LogP contribution in [0.15, 0.2) is 36.4 Å². The molecule has 0 saturated carbocycles. The van der Waals surface area contributed by atoms with Gasteiger partial charge in [0.25, 0.3) is 0 Å². The normalized spacial score (nSPS) is 13.5. The van der Waals surface area contributed by atoms with Crippen LogP contribution in [0, 0.1) is 0 Å². The van der Waals surface area contributed by atoms with E-state index >= 15 is 0 Å². The Morgan fingerprint density at radius 1 is 1.38 bits per heavy atom. The van der Waals surface area contributed by atoms with Gasteiger partial charge in [0.05, 0.1) is 12.6 Å². The number of nitrogens with one attached hydrogen (secondary N) is 1. The van der Waals surface area contributed by atoms with Crippen molar-refractivity contribution < 1.29 is 14.6 Å². The molecule has 0 aliphatic heterocycles. The van der Waals surface area contributed by atoms with Crippen LogP contribution in [-0.4, -0.2) is 36.2 Å². The smallest absolute Gasteiger partial charge is 0.179 e. The molecule has 0 aliphatic rings. The number of aliphatic hydroxyl groups is 1. The molecule has 0 aromatic heterocycles. The lowest BCUT2D eigenvalue weighted by atomic mass is 10.0. The molecule has 1 aromatic carbocycles. The second kappa shape index (κ2) is 8.60. The van der Waals surface area contributed by atoms with Crippen molar-refractivity contribution in [1.29, 1.82) is 0 Å². The number of carbonyl (C=O) groups is 1. The zero-order valence-electron chi connectivity index (χ0n) is 13.1. The van der Waals surface area contributed by atoms with Gasteiger partial charge in [0.2, 0.25) is 0 Å². The van der Waals surface area contributed by atoms with Crippen molar-refractivity contribution in [2.24, 2.45) is 0 Å². The van der Waals surface area contributed by atoms with E-state index in [1.54, 1.807) is 24.3 Å². The lowest BCUT2D eigenvalue weighted by Crippen LogP contribution is -2.42. The van der Waals surface area contributed by atoms with E-state index in [2.05, 4.69) is 11.9 Å². The lowest BCUT2D eigenvalue weighted by molar-refractivity contribution is 0.0936. The Labute approximate surface area is 126 Å². The molecule has 2 atom stereocenters. The molecule has 21 heavy (non-hydrogen) atoms. The van der Waals surface area contributed by atoms with Crippen LogP contribution < -0.4 is 10.1 Å². The minimum Gasteiger partial charge on any atom is -0.489 e. The van der Waals surface area contributed by atoms with Gasteiger partial charge in [-0.25, -0.2) is 0 Å². The molecule has 0 radical (unpaired) electrons. The maximum atomic E-state index is 12.3. The van der Waals surface area contributed by atoms with E-state index in [1.165, 1.54) is 0 Å². The molecular weight excluding hydrogens is 266 g/mol. The Kier molecular flexibility index (Phi) is 7.12. The molecule has 0 amide bonds. The van der Waals surface area contributed by atoms with E-state index in [9.17, 15) is 9.90 Å². The second-order valence-corrected chi connectivity index (χ2v) is 5.31. The molecule has 0 saturated heterocycles. The molecule has 0 heterocycles. The summed E-state index contributed by atoms with van der Waals surface area (Å²) in [4.78, 5) is 12.3. The van der Waals surface area contributed by atoms with E-state index < -0.39 is 0 Å². The number of benzene rings is 1. The molecule has 4 nitrogen and oxygen atoms in total. The van der Waals surface area contributed by atoms with Gasteiger partial charge >= 0.3 is 0 Å². The van der Waals surface area contributed by atoms with Gasteiger partial charge in [-0.15, -0.1) is 0 Å². The number of hydrogen-bond acceptors (Lipinski definition) is 4. The summed E-state index contributed by atoms with van der Waals surface area (Å²) in [7, 11) is 0. The number of hydrogen-bond donors (Lipinski definition) is 2. The third kappa shape index (κ3) is 5.69. The van der Waals surface area contributed by atoms with Crippen molar-refractivity contribution >= 4 is 5.78 Å². The summed E-state index contributed by atoms with van der Waals surface area (Å²) in [5.74, 6) is 0.727. The first kappa shape index (κ1) is 17.4. The maximum absolute atomic E-state index is 12.3. The van der Waals surface area contributed by atoms with Crippen LogP contribution in [0.25, 0.3) is 0 Å². The Morgan fingerprint density at radius 3 is 2.48 bits per heavy atom. The van der Waals surface area contributed by atoms with Gasteiger partial charge in [0.15, 0.2) is 5.78 Å². The summed E-state index contributed by atoms with van der Waals surface area (Å²) in [6.07, 6.45) is 0.780. The predicted octanol–water partition coefficient (Wildman–Crippen LogP) is 2.57. The van der Waals surface area contributed by atoms with Crippen LogP contribution in [0.2, 0.25) is 0 Å². The fourth-order valence-corrected chi connectivity index (χ4v) is 1.90. The summed E-state index contributed by atoms with van der Waals surface area (Å²) in [6, 6.07) is 6.70. The molecule has 1 rings (SSSR count). The molecule has 0 fully saturated rings. The van der Waals surface area contributed by atoms with Gasteiger partial charge in [-0.05, 0) is 50.1 Å². The minimum atomic E-state index is -0.329. The zero-order chi connectivity index (χ0) is 15.8. The number of carbonyl (C=O) groups excluding carboxylic acids is 1. The average Bonchev–Trinajstić information content (AvgIpc) is 2.50. The van der Waals surface area contributed by atoms with Gasteiger partial charge < -0.3 is 15.2 Å². The fraction of sp³-hybridized carbons (Fsp3) is 0.471. The van der Waals surface area contributed by atoms with E-state index in [0.29, 0.717) is 12.2 Å². The molecule has 0 spiro atoms. The number of aliphatic hydroxyl groups excluding tert-OH is 1. The van der Waals surface area contributed by atoms with Crippen molar-refractivity contribution in [3.05, 3.63) is 42.0 Å². The summed E-state index contributed by atoms with van der Waals surface area (Å²) in [5, 5.41) is 12.3. The van der Waals surface area contributed by atoms with E-state index in [1.807, 2.05) is 20.8 Å². The third-order valence-corrected chi connectivity index (χ3v) is 3.22. The highest BCUT2D eigenvalue weighted by atomic mass is 16.5. The highest BCUT2D eigenvalue weighted by molar-refractivity contribution is 5.99. The monoisotopic (exact) mass is 291 g/mol. The molecular formula is C17H25NO3. The van der Waals surface area contributed by atoms with Gasteiger partial charge in [-0.2, -0.15) is 0 Å². The number of Topliss-reactive ketones (excluding diaryl/α,β-unsaturated/α-hetero) is 1. The van der Waals surface area contributed by atoms with Crippen molar-refractivity contribution in [3.63, 3.8) is 0 Å². The summed E-state index contributed by atoms with van der Waals surface area (Å²) < 4.78 is 5.50. The molecule has 1 aromatic rings. The van der Waals surface area contributed by atoms with E-state index in [-0.39, 0.29) is 24.5 Å². The van der Waals surface area contributed by atoms with Crippen molar-refractivity contribution in [2.75, 3.05) is 13.2 Å². The lowest BCUT2D eigenvalue weighted by Gasteiger charge is -2.19.